The highest BCUT2D eigenvalue weighted by Gasteiger charge is 2.37. The van der Waals surface area contributed by atoms with E-state index in [4.69, 9.17) is 11.5 Å². The molecule has 8 nitrogen and oxygen atoms in total. The molecule has 3 amide bonds. The lowest BCUT2D eigenvalue weighted by Gasteiger charge is -2.33. The van der Waals surface area contributed by atoms with Gasteiger partial charge in [0.05, 0.1) is 5.69 Å². The number of amides is 3. The van der Waals surface area contributed by atoms with Crippen molar-refractivity contribution in [3.63, 3.8) is 0 Å². The van der Waals surface area contributed by atoms with Crippen LogP contribution >= 0.6 is 11.5 Å². The summed E-state index contributed by atoms with van der Waals surface area (Å²) in [4.78, 5) is 41.0. The van der Waals surface area contributed by atoms with Crippen LogP contribution in [0.5, 0.6) is 0 Å². The van der Waals surface area contributed by atoms with Crippen molar-refractivity contribution in [1.82, 2.24) is 9.69 Å². The molecule has 1 aromatic heterocycles. The van der Waals surface area contributed by atoms with Crippen LogP contribution in [0.15, 0.2) is 48.5 Å². The van der Waals surface area contributed by atoms with Gasteiger partial charge in [-0.3, -0.25) is 19.3 Å². The van der Waals surface area contributed by atoms with Crippen LogP contribution in [0.2, 0.25) is 0 Å². The second kappa shape index (κ2) is 11.5. The fourth-order valence-electron chi connectivity index (χ4n) is 4.60. The number of nitrogens with zero attached hydrogens (tertiary/aromatic N) is 2. The van der Waals surface area contributed by atoms with E-state index in [1.807, 2.05) is 19.1 Å². The van der Waals surface area contributed by atoms with Gasteiger partial charge < -0.3 is 16.8 Å². The molecule has 0 unspecified atom stereocenters. The van der Waals surface area contributed by atoms with Crippen LogP contribution in [-0.2, 0) is 11.2 Å². The number of aromatic nitrogens is 1. The van der Waals surface area contributed by atoms with Gasteiger partial charge in [-0.05, 0) is 66.2 Å². The molecule has 0 aliphatic heterocycles. The molecule has 0 bridgehead atoms. The average Bonchev–Trinajstić information content (AvgIpc) is 3.29. The van der Waals surface area contributed by atoms with E-state index in [2.05, 4.69) is 9.69 Å². The minimum Gasteiger partial charge on any atom is -0.395 e. The summed E-state index contributed by atoms with van der Waals surface area (Å²) in [6.45, 7) is 2.01. The summed E-state index contributed by atoms with van der Waals surface area (Å²) >= 11 is 0.747. The molecule has 0 spiro atoms. The molecule has 1 heterocycles. The topological polar surface area (TPSA) is 131 Å². The molecule has 1 atom stereocenters. The summed E-state index contributed by atoms with van der Waals surface area (Å²) in [6.07, 6.45) is 5.65. The Bertz CT molecular complexity index is 1270. The number of nitrogen functional groups attached to an aromatic ring is 1. The molecule has 0 saturated heterocycles. The van der Waals surface area contributed by atoms with Crippen molar-refractivity contribution in [3.8, 4) is 0 Å². The standard InChI is InChI=1S/C27H30FN5O3S/c1-2-16-8-14-20(15-9-16)33(27(36)24-21(29)22(25(30)34)32-37-24)23(17-10-12-18(28)13-11-17)26(35)31-19-6-4-3-5-7-19/h8-15,19,23H,2-7,29H2,1H3,(H2,30,34)(H,31,35)/t23-/m0/s1. The molecule has 3 aromatic rings. The van der Waals surface area contributed by atoms with Crippen LogP contribution in [0.1, 0.15) is 76.4 Å². The van der Waals surface area contributed by atoms with Crippen LogP contribution < -0.4 is 21.7 Å². The Morgan fingerprint density at radius 2 is 1.73 bits per heavy atom. The largest absolute Gasteiger partial charge is 0.395 e. The van der Waals surface area contributed by atoms with Gasteiger partial charge in [-0.2, -0.15) is 4.37 Å². The van der Waals surface area contributed by atoms with Crippen molar-refractivity contribution in [3.05, 3.63) is 76.0 Å². The van der Waals surface area contributed by atoms with Gasteiger partial charge in [-0.1, -0.05) is 50.5 Å². The second-order valence-electron chi connectivity index (χ2n) is 9.13. The maximum atomic E-state index is 14.0. The molecule has 4 rings (SSSR count). The van der Waals surface area contributed by atoms with Gasteiger partial charge in [0.2, 0.25) is 5.91 Å². The molecule has 5 N–H and O–H groups in total. The van der Waals surface area contributed by atoms with Gasteiger partial charge >= 0.3 is 0 Å². The Hall–Kier alpha value is -3.79. The number of nitrogens with two attached hydrogens (primary N) is 2. The first-order valence-corrected chi connectivity index (χ1v) is 13.1. The summed E-state index contributed by atoms with van der Waals surface area (Å²) in [7, 11) is 0. The molecule has 10 heteroatoms. The highest BCUT2D eigenvalue weighted by atomic mass is 32.1. The van der Waals surface area contributed by atoms with E-state index >= 15 is 0 Å². The molecule has 1 saturated carbocycles. The Labute approximate surface area is 219 Å². The summed E-state index contributed by atoms with van der Waals surface area (Å²) in [5.74, 6) is -2.31. The van der Waals surface area contributed by atoms with Crippen LogP contribution in [0, 0.1) is 5.82 Å². The number of hydrogen-bond acceptors (Lipinski definition) is 6. The number of rotatable bonds is 8. The van der Waals surface area contributed by atoms with Crippen LogP contribution in [0.3, 0.4) is 0 Å². The Morgan fingerprint density at radius 1 is 1.08 bits per heavy atom. The third-order valence-electron chi connectivity index (χ3n) is 6.64. The minimum absolute atomic E-state index is 0.00838. The van der Waals surface area contributed by atoms with Crippen LogP contribution in [-0.4, -0.2) is 28.1 Å². The SMILES string of the molecule is CCc1ccc(N(C(=O)c2snc(C(N)=O)c2N)[C@H](C(=O)NC2CCCCC2)c2ccc(F)cc2)cc1. The predicted octanol–water partition coefficient (Wildman–Crippen LogP) is 4.36. The van der Waals surface area contributed by atoms with Gasteiger partial charge in [-0.25, -0.2) is 4.39 Å². The number of carbonyl (C=O) groups excluding carboxylic acids is 3. The van der Waals surface area contributed by atoms with Crippen molar-refractivity contribution in [2.24, 2.45) is 5.73 Å². The normalized spacial score (nSPS) is 14.6. The lowest BCUT2D eigenvalue weighted by Crippen LogP contribution is -2.47. The maximum Gasteiger partial charge on any atom is 0.273 e. The number of hydrogen-bond donors (Lipinski definition) is 3. The average molecular weight is 524 g/mol. The minimum atomic E-state index is -1.12. The predicted molar refractivity (Wildman–Crippen MR) is 142 cm³/mol. The van der Waals surface area contributed by atoms with Crippen molar-refractivity contribution in [2.45, 2.75) is 57.5 Å². The zero-order chi connectivity index (χ0) is 26.5. The van der Waals surface area contributed by atoms with Crippen molar-refractivity contribution in [2.75, 3.05) is 10.6 Å². The lowest BCUT2D eigenvalue weighted by atomic mass is 9.94. The first-order chi connectivity index (χ1) is 17.8. The highest BCUT2D eigenvalue weighted by Crippen LogP contribution is 2.34. The van der Waals surface area contributed by atoms with Crippen molar-refractivity contribution < 1.29 is 18.8 Å². The van der Waals surface area contributed by atoms with Crippen molar-refractivity contribution >= 4 is 40.6 Å². The van der Waals surface area contributed by atoms with E-state index in [1.54, 1.807) is 12.1 Å². The Kier molecular flexibility index (Phi) is 8.17. The van der Waals surface area contributed by atoms with E-state index in [-0.39, 0.29) is 28.2 Å². The molecule has 37 heavy (non-hydrogen) atoms. The molecular formula is C27H30FN5O3S. The van der Waals surface area contributed by atoms with Gasteiger partial charge in [0.15, 0.2) is 5.69 Å². The van der Waals surface area contributed by atoms with E-state index < -0.39 is 23.7 Å². The molecule has 1 fully saturated rings. The molecule has 1 aliphatic carbocycles. The van der Waals surface area contributed by atoms with Crippen molar-refractivity contribution in [1.29, 1.82) is 0 Å². The fourth-order valence-corrected chi connectivity index (χ4v) is 5.35. The molecule has 1 aliphatic rings. The third kappa shape index (κ3) is 5.80. The summed E-state index contributed by atoms with van der Waals surface area (Å²) in [5.41, 5.74) is 13.1. The lowest BCUT2D eigenvalue weighted by molar-refractivity contribution is -0.123. The zero-order valence-electron chi connectivity index (χ0n) is 20.6. The van der Waals surface area contributed by atoms with Crippen LogP contribution in [0.4, 0.5) is 15.8 Å². The van der Waals surface area contributed by atoms with Crippen LogP contribution in [0.25, 0.3) is 0 Å². The number of nitrogens with one attached hydrogen (secondary N) is 1. The number of carbonyl (C=O) groups is 3. The Balaban J connectivity index is 1.83. The highest BCUT2D eigenvalue weighted by molar-refractivity contribution is 7.09. The van der Waals surface area contributed by atoms with E-state index in [0.717, 1.165) is 55.6 Å². The van der Waals surface area contributed by atoms with Gasteiger partial charge in [0, 0.05) is 11.7 Å². The van der Waals surface area contributed by atoms with Gasteiger partial charge in [-0.15, -0.1) is 0 Å². The number of benzene rings is 2. The number of halogens is 1. The Morgan fingerprint density at radius 3 is 2.30 bits per heavy atom. The molecule has 2 aromatic carbocycles. The smallest absolute Gasteiger partial charge is 0.273 e. The summed E-state index contributed by atoms with van der Waals surface area (Å²) in [6, 6.07) is 11.6. The maximum absolute atomic E-state index is 14.0. The molecule has 0 radical (unpaired) electrons. The number of aryl methyl sites for hydroxylation is 1. The first kappa shape index (κ1) is 26.3. The summed E-state index contributed by atoms with van der Waals surface area (Å²) < 4.78 is 17.8. The van der Waals surface area contributed by atoms with E-state index in [0.29, 0.717) is 11.3 Å². The van der Waals surface area contributed by atoms with Gasteiger partial charge in [0.25, 0.3) is 11.8 Å². The summed E-state index contributed by atoms with van der Waals surface area (Å²) in [5, 5.41) is 3.11. The molecule has 194 valence electrons. The quantitative estimate of drug-likeness (QED) is 0.404. The first-order valence-electron chi connectivity index (χ1n) is 12.3. The number of primary amides is 1. The van der Waals surface area contributed by atoms with E-state index in [9.17, 15) is 18.8 Å². The third-order valence-corrected chi connectivity index (χ3v) is 7.49. The fraction of sp³-hybridized carbons (Fsp3) is 0.333. The van der Waals surface area contributed by atoms with Gasteiger partial charge in [0.1, 0.15) is 16.7 Å². The second-order valence-corrected chi connectivity index (χ2v) is 9.90. The zero-order valence-corrected chi connectivity index (χ0v) is 21.4. The molecular weight excluding hydrogens is 493 g/mol. The monoisotopic (exact) mass is 523 g/mol. The number of anilines is 2. The van der Waals surface area contributed by atoms with E-state index in [1.165, 1.54) is 29.2 Å².